The quantitative estimate of drug-likeness (QED) is 0.357. The van der Waals surface area contributed by atoms with Crippen molar-refractivity contribution >= 4 is 21.8 Å². The molecule has 1 saturated carbocycles. The summed E-state index contributed by atoms with van der Waals surface area (Å²) >= 11 is 3.24. The van der Waals surface area contributed by atoms with Crippen LogP contribution in [0.2, 0.25) is 0 Å². The zero-order chi connectivity index (χ0) is 10.8. The zero-order valence-corrected chi connectivity index (χ0v) is 9.25. The lowest BCUT2D eigenvalue weighted by molar-refractivity contribution is -0.119. The molecule has 15 heavy (non-hydrogen) atoms. The number of rotatable bonds is 2. The van der Waals surface area contributed by atoms with E-state index in [0.717, 1.165) is 16.6 Å². The summed E-state index contributed by atoms with van der Waals surface area (Å²) in [7, 11) is 0. The van der Waals surface area contributed by atoms with Crippen LogP contribution in [0, 0.1) is 5.92 Å². The monoisotopic (exact) mass is 266 g/mol. The van der Waals surface area contributed by atoms with Crippen molar-refractivity contribution in [2.45, 2.75) is 12.3 Å². The van der Waals surface area contributed by atoms with Crippen molar-refractivity contribution in [3.8, 4) is 0 Å². The minimum Gasteiger partial charge on any atom is -0.292 e. The highest BCUT2D eigenvalue weighted by Gasteiger charge is 2.43. The maximum Gasteiger partial charge on any atom is 0.222 e. The number of azide groups is 1. The van der Waals surface area contributed by atoms with E-state index in [1.807, 2.05) is 12.1 Å². The van der Waals surface area contributed by atoms with Gasteiger partial charge in [0.25, 0.3) is 0 Å². The van der Waals surface area contributed by atoms with E-state index in [-0.39, 0.29) is 17.7 Å². The molecule has 1 fully saturated rings. The molecular formula is C9H7BrN4O. The average Bonchev–Trinajstić information content (AvgIpc) is 2.99. The highest BCUT2D eigenvalue weighted by atomic mass is 79.9. The molecule has 2 rings (SSSR count). The molecule has 1 amide bonds. The topological polar surface area (TPSA) is 78.7 Å². The van der Waals surface area contributed by atoms with Crippen molar-refractivity contribution in [2.24, 2.45) is 11.0 Å². The molecule has 0 aliphatic heterocycles. The first-order valence-electron chi connectivity index (χ1n) is 4.43. The van der Waals surface area contributed by atoms with Gasteiger partial charge in [-0.3, -0.25) is 4.79 Å². The molecule has 1 aromatic heterocycles. The predicted octanol–water partition coefficient (Wildman–Crippen LogP) is 2.78. The van der Waals surface area contributed by atoms with E-state index >= 15 is 0 Å². The van der Waals surface area contributed by atoms with Crippen molar-refractivity contribution in [1.82, 2.24) is 4.98 Å². The maximum absolute atomic E-state index is 11.2. The second-order valence-corrected chi connectivity index (χ2v) is 4.20. The van der Waals surface area contributed by atoms with Gasteiger partial charge in [-0.2, -0.15) is 0 Å². The van der Waals surface area contributed by atoms with E-state index in [2.05, 4.69) is 30.9 Å². The standard InChI is InChI=1S/C9H7BrN4O/c10-8-2-1-5(4-12-8)6-3-7(6)9(15)13-14-11/h1-2,4,6-7H,3H2. The summed E-state index contributed by atoms with van der Waals surface area (Å²) in [4.78, 5) is 17.8. The Kier molecular flexibility index (Phi) is 2.70. The molecule has 2 unspecified atom stereocenters. The number of aromatic nitrogens is 1. The van der Waals surface area contributed by atoms with E-state index in [1.54, 1.807) is 6.20 Å². The lowest BCUT2D eigenvalue weighted by Crippen LogP contribution is -1.96. The van der Waals surface area contributed by atoms with Crippen LogP contribution in [0.3, 0.4) is 0 Å². The summed E-state index contributed by atoms with van der Waals surface area (Å²) in [5, 5.41) is 3.09. The van der Waals surface area contributed by atoms with Crippen LogP contribution in [-0.2, 0) is 4.79 Å². The first kappa shape index (κ1) is 10.1. The molecule has 1 heterocycles. The number of hydrogen-bond donors (Lipinski definition) is 0. The Balaban J connectivity index is 2.08. The molecule has 1 aromatic rings. The summed E-state index contributed by atoms with van der Waals surface area (Å²) in [6.07, 6.45) is 2.49. The van der Waals surface area contributed by atoms with Gasteiger partial charge < -0.3 is 0 Å². The van der Waals surface area contributed by atoms with Crippen LogP contribution in [0.1, 0.15) is 17.9 Å². The van der Waals surface area contributed by atoms with Gasteiger partial charge in [-0.25, -0.2) is 4.98 Å². The van der Waals surface area contributed by atoms with Gasteiger partial charge in [0, 0.05) is 17.0 Å². The van der Waals surface area contributed by atoms with Gasteiger partial charge in [0.15, 0.2) is 0 Å². The predicted molar refractivity (Wildman–Crippen MR) is 56.9 cm³/mol. The molecule has 1 aliphatic carbocycles. The lowest BCUT2D eigenvalue weighted by Gasteiger charge is -1.97. The molecule has 0 N–H and O–H groups in total. The second-order valence-electron chi connectivity index (χ2n) is 3.39. The van der Waals surface area contributed by atoms with Gasteiger partial charge in [0.1, 0.15) is 4.60 Å². The molecule has 0 spiro atoms. The molecule has 6 heteroatoms. The zero-order valence-electron chi connectivity index (χ0n) is 7.67. The number of nitrogens with zero attached hydrogens (tertiary/aromatic N) is 4. The van der Waals surface area contributed by atoms with Gasteiger partial charge >= 0.3 is 0 Å². The number of hydrogen-bond acceptors (Lipinski definition) is 2. The van der Waals surface area contributed by atoms with Crippen molar-refractivity contribution in [3.63, 3.8) is 0 Å². The van der Waals surface area contributed by atoms with Crippen LogP contribution >= 0.6 is 15.9 Å². The highest BCUT2D eigenvalue weighted by molar-refractivity contribution is 9.10. The summed E-state index contributed by atoms with van der Waals surface area (Å²) in [5.41, 5.74) is 9.14. The van der Waals surface area contributed by atoms with Crippen LogP contribution in [0.25, 0.3) is 10.4 Å². The first-order valence-corrected chi connectivity index (χ1v) is 5.22. The smallest absolute Gasteiger partial charge is 0.222 e. The Morgan fingerprint density at radius 2 is 2.47 bits per heavy atom. The minimum atomic E-state index is -0.370. The average molecular weight is 267 g/mol. The van der Waals surface area contributed by atoms with Crippen LogP contribution < -0.4 is 0 Å². The Morgan fingerprint density at radius 3 is 3.07 bits per heavy atom. The Morgan fingerprint density at radius 1 is 1.67 bits per heavy atom. The summed E-state index contributed by atoms with van der Waals surface area (Å²) in [5.74, 6) is -0.349. The first-order chi connectivity index (χ1) is 7.22. The fourth-order valence-corrected chi connectivity index (χ4v) is 1.80. The van der Waals surface area contributed by atoms with E-state index in [0.29, 0.717) is 0 Å². The maximum atomic E-state index is 11.2. The van der Waals surface area contributed by atoms with Gasteiger partial charge in [0.05, 0.1) is 0 Å². The molecule has 76 valence electrons. The molecule has 5 nitrogen and oxygen atoms in total. The molecule has 0 aromatic carbocycles. The number of amides is 1. The van der Waals surface area contributed by atoms with Crippen molar-refractivity contribution in [1.29, 1.82) is 0 Å². The minimum absolute atomic E-state index is 0.149. The van der Waals surface area contributed by atoms with E-state index in [4.69, 9.17) is 5.53 Å². The summed E-state index contributed by atoms with van der Waals surface area (Å²) in [6.45, 7) is 0. The van der Waals surface area contributed by atoms with Gasteiger partial charge in [-0.05, 0) is 50.5 Å². The van der Waals surface area contributed by atoms with Crippen LogP contribution in [0.15, 0.2) is 28.0 Å². The third-order valence-electron chi connectivity index (χ3n) is 2.43. The SMILES string of the molecule is [N-]=[N+]=NC(=O)C1CC1c1ccc(Br)nc1. The second kappa shape index (κ2) is 4.00. The third-order valence-corrected chi connectivity index (χ3v) is 2.90. The fourth-order valence-electron chi connectivity index (χ4n) is 1.56. The molecule has 0 radical (unpaired) electrons. The Hall–Kier alpha value is -1.39. The van der Waals surface area contributed by atoms with Crippen molar-refractivity contribution in [2.75, 3.05) is 0 Å². The summed E-state index contributed by atoms with van der Waals surface area (Å²) in [6, 6.07) is 3.76. The van der Waals surface area contributed by atoms with E-state index in [1.165, 1.54) is 0 Å². The Labute approximate surface area is 94.3 Å². The summed E-state index contributed by atoms with van der Waals surface area (Å²) < 4.78 is 0.768. The van der Waals surface area contributed by atoms with Gasteiger partial charge in [-0.15, -0.1) is 0 Å². The normalized spacial score (nSPS) is 23.0. The van der Waals surface area contributed by atoms with Crippen LogP contribution in [0.4, 0.5) is 0 Å². The van der Waals surface area contributed by atoms with E-state index in [9.17, 15) is 4.79 Å². The van der Waals surface area contributed by atoms with Gasteiger partial charge in [-0.1, -0.05) is 6.07 Å². The largest absolute Gasteiger partial charge is 0.292 e. The van der Waals surface area contributed by atoms with Crippen molar-refractivity contribution < 1.29 is 4.79 Å². The fraction of sp³-hybridized carbons (Fsp3) is 0.333. The molecule has 0 bridgehead atoms. The molecule has 2 atom stereocenters. The molecule has 0 saturated heterocycles. The van der Waals surface area contributed by atoms with Crippen LogP contribution in [0.5, 0.6) is 0 Å². The lowest BCUT2D eigenvalue weighted by atomic mass is 10.1. The van der Waals surface area contributed by atoms with Gasteiger partial charge in [0.2, 0.25) is 5.91 Å². The van der Waals surface area contributed by atoms with Crippen LogP contribution in [-0.4, -0.2) is 10.9 Å². The Bertz CT molecular complexity index is 438. The molecule has 1 aliphatic rings. The highest BCUT2D eigenvalue weighted by Crippen LogP contribution is 2.48. The molecular weight excluding hydrogens is 260 g/mol. The van der Waals surface area contributed by atoms with E-state index < -0.39 is 0 Å². The number of carbonyl (C=O) groups excluding carboxylic acids is 1. The number of pyridine rings is 1. The third kappa shape index (κ3) is 2.16. The number of carbonyl (C=O) groups is 1. The number of halogens is 1. The van der Waals surface area contributed by atoms with Crippen molar-refractivity contribution in [3.05, 3.63) is 38.9 Å².